The topological polar surface area (TPSA) is 155 Å². The van der Waals surface area contributed by atoms with E-state index in [1.54, 1.807) is 0 Å². The van der Waals surface area contributed by atoms with E-state index in [1.807, 2.05) is 12.2 Å². The van der Waals surface area contributed by atoms with Crippen LogP contribution in [0.25, 0.3) is 0 Å². The van der Waals surface area contributed by atoms with Crippen molar-refractivity contribution in [3.8, 4) is 0 Å². The fourth-order valence-corrected chi connectivity index (χ4v) is 8.89. The molecule has 0 rings (SSSR count). The number of hydrogen-bond acceptors (Lipinski definition) is 10. The second-order valence-electron chi connectivity index (χ2n) is 19.8. The van der Waals surface area contributed by atoms with Crippen LogP contribution in [0.1, 0.15) is 265 Å². The lowest BCUT2D eigenvalue weighted by Gasteiger charge is -2.21. The maximum Gasteiger partial charge on any atom is 0.472 e. The molecule has 0 amide bonds. The van der Waals surface area contributed by atoms with Gasteiger partial charge in [0.05, 0.1) is 19.8 Å². The van der Waals surface area contributed by atoms with Crippen molar-refractivity contribution in [2.24, 2.45) is 0 Å². The van der Waals surface area contributed by atoms with Crippen LogP contribution in [0.3, 0.4) is 0 Å². The molecule has 3 atom stereocenters. The second kappa shape index (κ2) is 56.1. The maximum absolute atomic E-state index is 12.9. The number of carbonyl (C=O) groups is 3. The number of phosphoric acid groups is 1. The SMILES string of the molecule is CC/C=C\C/C=C\C/C=C\C/C=C\CCC(=O)OC(CO)COP(=O)(O)OCC(COC(=O)CCCCCCCCCCCCCCCCCCCCC)OC(=O)CCCCCCC/C=C\C/C=C\CCCCC. The van der Waals surface area contributed by atoms with E-state index in [4.69, 9.17) is 23.3 Å². The van der Waals surface area contributed by atoms with Crippen LogP contribution in [0, 0.1) is 0 Å². The minimum atomic E-state index is -4.77. The number of esters is 3. The zero-order valence-electron chi connectivity index (χ0n) is 47.3. The predicted octanol–water partition coefficient (Wildman–Crippen LogP) is 17.7. The van der Waals surface area contributed by atoms with Gasteiger partial charge in [-0.25, -0.2) is 4.57 Å². The normalized spacial score (nSPS) is 13.9. The highest BCUT2D eigenvalue weighted by atomic mass is 31.2. The second-order valence-corrected chi connectivity index (χ2v) is 21.2. The summed E-state index contributed by atoms with van der Waals surface area (Å²) in [5.74, 6) is -1.56. The van der Waals surface area contributed by atoms with Crippen LogP contribution in [-0.2, 0) is 42.2 Å². The van der Waals surface area contributed by atoms with Crippen molar-refractivity contribution in [1.29, 1.82) is 0 Å². The Hall–Kier alpha value is -3.08. The molecule has 11 nitrogen and oxygen atoms in total. The van der Waals surface area contributed by atoms with E-state index in [0.29, 0.717) is 19.3 Å². The molecule has 12 heteroatoms. The molecule has 0 bridgehead atoms. The van der Waals surface area contributed by atoms with E-state index < -0.39 is 57.8 Å². The van der Waals surface area contributed by atoms with Crippen LogP contribution in [0.15, 0.2) is 72.9 Å². The minimum Gasteiger partial charge on any atom is -0.462 e. The Labute approximate surface area is 452 Å². The van der Waals surface area contributed by atoms with Gasteiger partial charge in [0.2, 0.25) is 0 Å². The summed E-state index contributed by atoms with van der Waals surface area (Å²) in [6.45, 7) is 4.43. The van der Waals surface area contributed by atoms with Gasteiger partial charge in [0.25, 0.3) is 0 Å². The number of phosphoric ester groups is 1. The van der Waals surface area contributed by atoms with Crippen LogP contribution < -0.4 is 0 Å². The van der Waals surface area contributed by atoms with Crippen molar-refractivity contribution in [3.05, 3.63) is 72.9 Å². The Morgan fingerprint density at radius 1 is 0.392 bits per heavy atom. The summed E-state index contributed by atoms with van der Waals surface area (Å²) in [5, 5.41) is 9.79. The summed E-state index contributed by atoms with van der Waals surface area (Å²) in [5.41, 5.74) is 0. The first kappa shape index (κ1) is 70.9. The molecule has 0 aliphatic carbocycles. The lowest BCUT2D eigenvalue weighted by Crippen LogP contribution is -2.30. The Balaban J connectivity index is 4.75. The molecule has 0 radical (unpaired) electrons. The number of allylic oxidation sites excluding steroid dienone is 12. The summed E-state index contributed by atoms with van der Waals surface area (Å²) in [6, 6.07) is 0. The average molecular weight is 1060 g/mol. The van der Waals surface area contributed by atoms with E-state index >= 15 is 0 Å². The minimum absolute atomic E-state index is 0.0541. The maximum atomic E-state index is 12.9. The average Bonchev–Trinajstić information content (AvgIpc) is 3.39. The van der Waals surface area contributed by atoms with Gasteiger partial charge in [-0.05, 0) is 77.0 Å². The Morgan fingerprint density at radius 2 is 0.730 bits per heavy atom. The Morgan fingerprint density at radius 3 is 1.19 bits per heavy atom. The third-order valence-corrected chi connectivity index (χ3v) is 13.6. The molecule has 0 aromatic heterocycles. The Bertz CT molecular complexity index is 1520. The Kier molecular flexibility index (Phi) is 53.8. The highest BCUT2D eigenvalue weighted by Gasteiger charge is 2.28. The molecule has 0 aliphatic rings. The highest BCUT2D eigenvalue weighted by Crippen LogP contribution is 2.43. The molecule has 428 valence electrons. The van der Waals surface area contributed by atoms with Crippen LogP contribution >= 0.6 is 7.82 Å². The van der Waals surface area contributed by atoms with Crippen LogP contribution in [0.5, 0.6) is 0 Å². The van der Waals surface area contributed by atoms with Crippen molar-refractivity contribution in [2.75, 3.05) is 26.4 Å². The standard InChI is InChI=1S/C62H109O11P/c1-4-7-10-13-16-19-22-25-27-28-29-30-32-34-36-39-42-45-48-51-60(64)69-55-59(73-62(66)53-50-47-44-41-38-35-31-26-23-20-17-14-11-8-5-2)57-71-74(67,68)70-56-58(54-63)72-61(65)52-49-46-43-40-37-33-24-21-18-15-12-9-6-3/h9,12,17-18,20-21,26,31,33,37,43,46,58-59,63H,4-8,10-11,13-16,19,22-25,27-30,32,34-36,38-42,44-45,47-57H2,1-3H3,(H,67,68)/b12-9-,20-17-,21-18-,31-26-,37-33-,46-43-. The van der Waals surface area contributed by atoms with E-state index in [2.05, 4.69) is 81.5 Å². The molecule has 0 fully saturated rings. The van der Waals surface area contributed by atoms with Crippen molar-refractivity contribution >= 4 is 25.7 Å². The summed E-state index contributed by atoms with van der Waals surface area (Å²) < 4.78 is 39.5. The number of aliphatic hydroxyl groups is 1. The monoisotopic (exact) mass is 1060 g/mol. The number of carbonyl (C=O) groups excluding carboxylic acids is 3. The van der Waals surface area contributed by atoms with Gasteiger partial charge in [-0.1, -0.05) is 241 Å². The fourth-order valence-electron chi connectivity index (χ4n) is 8.11. The molecule has 3 unspecified atom stereocenters. The van der Waals surface area contributed by atoms with Crippen molar-refractivity contribution < 1.29 is 52.2 Å². The van der Waals surface area contributed by atoms with Gasteiger partial charge in [0.1, 0.15) is 12.7 Å². The molecule has 0 saturated carbocycles. The molecule has 0 heterocycles. The largest absolute Gasteiger partial charge is 0.472 e. The molecular weight excluding hydrogens is 952 g/mol. The molecule has 2 N–H and O–H groups in total. The number of aliphatic hydroxyl groups excluding tert-OH is 1. The predicted molar refractivity (Wildman–Crippen MR) is 307 cm³/mol. The van der Waals surface area contributed by atoms with Crippen molar-refractivity contribution in [1.82, 2.24) is 0 Å². The quantitative estimate of drug-likeness (QED) is 0.0197. The summed E-state index contributed by atoms with van der Waals surface area (Å²) in [4.78, 5) is 48.5. The molecule has 0 aliphatic heterocycles. The molecule has 0 spiro atoms. The highest BCUT2D eigenvalue weighted by molar-refractivity contribution is 7.47. The molecular formula is C62H109O11P. The molecule has 74 heavy (non-hydrogen) atoms. The first-order valence-corrected chi connectivity index (χ1v) is 31.3. The summed E-state index contributed by atoms with van der Waals surface area (Å²) in [7, 11) is -4.77. The van der Waals surface area contributed by atoms with Gasteiger partial charge < -0.3 is 24.2 Å². The zero-order chi connectivity index (χ0) is 54.1. The lowest BCUT2D eigenvalue weighted by atomic mass is 10.0. The van der Waals surface area contributed by atoms with Gasteiger partial charge >= 0.3 is 25.7 Å². The fraction of sp³-hybridized carbons (Fsp3) is 0.758. The van der Waals surface area contributed by atoms with E-state index in [0.717, 1.165) is 89.9 Å². The molecule has 0 saturated heterocycles. The third kappa shape index (κ3) is 53.7. The number of unbranched alkanes of at least 4 members (excludes halogenated alkanes) is 26. The third-order valence-electron chi connectivity index (χ3n) is 12.6. The zero-order valence-corrected chi connectivity index (χ0v) is 48.2. The van der Waals surface area contributed by atoms with E-state index in [9.17, 15) is 28.9 Å². The van der Waals surface area contributed by atoms with Gasteiger partial charge in [-0.3, -0.25) is 23.4 Å². The van der Waals surface area contributed by atoms with Crippen molar-refractivity contribution in [3.63, 3.8) is 0 Å². The van der Waals surface area contributed by atoms with E-state index in [1.165, 1.54) is 116 Å². The number of hydrogen-bond donors (Lipinski definition) is 2. The smallest absolute Gasteiger partial charge is 0.462 e. The summed E-state index contributed by atoms with van der Waals surface area (Å²) in [6.07, 6.45) is 63.1. The first-order valence-electron chi connectivity index (χ1n) is 29.8. The van der Waals surface area contributed by atoms with Crippen LogP contribution in [0.2, 0.25) is 0 Å². The van der Waals surface area contributed by atoms with E-state index in [-0.39, 0.29) is 25.9 Å². The number of ether oxygens (including phenoxy) is 3. The van der Waals surface area contributed by atoms with Crippen molar-refractivity contribution in [2.45, 2.75) is 277 Å². The lowest BCUT2D eigenvalue weighted by molar-refractivity contribution is -0.161. The van der Waals surface area contributed by atoms with Gasteiger partial charge in [-0.2, -0.15) is 0 Å². The summed E-state index contributed by atoms with van der Waals surface area (Å²) >= 11 is 0. The molecule has 0 aromatic carbocycles. The van der Waals surface area contributed by atoms with Crippen LogP contribution in [0.4, 0.5) is 0 Å². The van der Waals surface area contributed by atoms with Crippen LogP contribution in [-0.4, -0.2) is 66.5 Å². The molecule has 0 aromatic rings. The first-order chi connectivity index (χ1) is 36.2. The van der Waals surface area contributed by atoms with Gasteiger partial charge in [0.15, 0.2) is 6.10 Å². The van der Waals surface area contributed by atoms with Gasteiger partial charge in [0, 0.05) is 19.3 Å². The number of rotatable bonds is 55. The van der Waals surface area contributed by atoms with Gasteiger partial charge in [-0.15, -0.1) is 0 Å².